The number of hydrogen-bond donors (Lipinski definition) is 1. The van der Waals surface area contributed by atoms with Crippen molar-refractivity contribution in [1.82, 2.24) is 5.32 Å². The molecule has 0 amide bonds. The quantitative estimate of drug-likeness (QED) is 0.792. The fourth-order valence-electron chi connectivity index (χ4n) is 2.47. The molecule has 0 radical (unpaired) electrons. The molecule has 0 aliphatic carbocycles. The molecule has 3 heteroatoms. The van der Waals surface area contributed by atoms with Crippen LogP contribution in [0.3, 0.4) is 0 Å². The van der Waals surface area contributed by atoms with Crippen LogP contribution in [-0.2, 0) is 6.42 Å². The Morgan fingerprint density at radius 1 is 1.20 bits per heavy atom. The van der Waals surface area contributed by atoms with E-state index in [1.165, 1.54) is 27.1 Å². The topological polar surface area (TPSA) is 12.0 Å². The van der Waals surface area contributed by atoms with E-state index in [2.05, 4.69) is 56.6 Å². The van der Waals surface area contributed by atoms with E-state index in [9.17, 15) is 0 Å². The molecule has 1 N–H and O–H groups in total. The maximum Gasteiger partial charge on any atom is 0.0688 e. The summed E-state index contributed by atoms with van der Waals surface area (Å²) in [4.78, 5) is 1.39. The molecule has 0 saturated heterocycles. The van der Waals surface area contributed by atoms with Crippen LogP contribution in [0.1, 0.15) is 47.0 Å². The molecule has 0 fully saturated rings. The Morgan fingerprint density at radius 3 is 2.55 bits per heavy atom. The second-order valence-corrected chi connectivity index (χ2v) is 6.47. The summed E-state index contributed by atoms with van der Waals surface area (Å²) in [6.45, 7) is 9.52. The molecule has 1 aromatic heterocycles. The first-order chi connectivity index (χ1) is 9.58. The van der Waals surface area contributed by atoms with Gasteiger partial charge in [0.2, 0.25) is 0 Å². The van der Waals surface area contributed by atoms with Gasteiger partial charge < -0.3 is 5.32 Å². The summed E-state index contributed by atoms with van der Waals surface area (Å²) < 4.78 is 0. The minimum Gasteiger partial charge on any atom is -0.306 e. The third-order valence-corrected chi connectivity index (χ3v) is 5.11. The highest BCUT2D eigenvalue weighted by atomic mass is 35.5. The molecule has 1 unspecified atom stereocenters. The van der Waals surface area contributed by atoms with Crippen molar-refractivity contribution in [3.05, 3.63) is 55.7 Å². The van der Waals surface area contributed by atoms with E-state index in [1.807, 2.05) is 11.3 Å². The molecule has 0 spiro atoms. The molecule has 1 heterocycles. The third-order valence-electron chi connectivity index (χ3n) is 3.76. The van der Waals surface area contributed by atoms with Crippen molar-refractivity contribution in [2.75, 3.05) is 6.54 Å². The largest absolute Gasteiger partial charge is 0.306 e. The first-order valence-electron chi connectivity index (χ1n) is 7.14. The van der Waals surface area contributed by atoms with Gasteiger partial charge in [0, 0.05) is 9.90 Å². The number of halogens is 1. The lowest BCUT2D eigenvalue weighted by Crippen LogP contribution is -2.22. The Morgan fingerprint density at radius 2 is 1.90 bits per heavy atom. The Hall–Kier alpha value is -0.830. The molecule has 0 bridgehead atoms. The SMILES string of the molecule is CCNC(c1cc(C)c(C)cc1Cl)c1sccc1CC. The van der Waals surface area contributed by atoms with Gasteiger partial charge in [0.15, 0.2) is 0 Å². The first kappa shape index (κ1) is 15.6. The fraction of sp³-hybridized carbons (Fsp3) is 0.412. The number of benzene rings is 1. The minimum atomic E-state index is 0.196. The molecule has 1 atom stereocenters. The lowest BCUT2D eigenvalue weighted by atomic mass is 9.97. The lowest BCUT2D eigenvalue weighted by Gasteiger charge is -2.21. The van der Waals surface area contributed by atoms with Gasteiger partial charge in [0.25, 0.3) is 0 Å². The highest BCUT2D eigenvalue weighted by molar-refractivity contribution is 7.10. The van der Waals surface area contributed by atoms with Crippen LogP contribution in [0, 0.1) is 13.8 Å². The van der Waals surface area contributed by atoms with Gasteiger partial charge in [-0.1, -0.05) is 31.5 Å². The summed E-state index contributed by atoms with van der Waals surface area (Å²) >= 11 is 8.32. The van der Waals surface area contributed by atoms with E-state index in [-0.39, 0.29) is 6.04 Å². The maximum atomic E-state index is 6.51. The van der Waals surface area contributed by atoms with Crippen LogP contribution < -0.4 is 5.32 Å². The van der Waals surface area contributed by atoms with Crippen LogP contribution in [0.2, 0.25) is 5.02 Å². The normalized spacial score (nSPS) is 12.7. The Kier molecular flexibility index (Phi) is 5.25. The average Bonchev–Trinajstić information content (AvgIpc) is 2.88. The molecule has 20 heavy (non-hydrogen) atoms. The molecule has 0 saturated carbocycles. The fourth-order valence-corrected chi connectivity index (χ4v) is 3.88. The van der Waals surface area contributed by atoms with E-state index in [4.69, 9.17) is 11.6 Å². The molecule has 1 nitrogen and oxygen atoms in total. The zero-order valence-electron chi connectivity index (χ0n) is 12.6. The summed E-state index contributed by atoms with van der Waals surface area (Å²) in [5, 5.41) is 6.62. The maximum absolute atomic E-state index is 6.51. The van der Waals surface area contributed by atoms with E-state index in [1.54, 1.807) is 0 Å². The van der Waals surface area contributed by atoms with Gasteiger partial charge in [-0.25, -0.2) is 0 Å². The van der Waals surface area contributed by atoms with Crippen LogP contribution in [0.15, 0.2) is 23.6 Å². The number of nitrogens with one attached hydrogen (secondary N) is 1. The predicted octanol–water partition coefficient (Wildman–Crippen LogP) is 5.28. The van der Waals surface area contributed by atoms with Crippen molar-refractivity contribution in [2.45, 2.75) is 40.2 Å². The van der Waals surface area contributed by atoms with Crippen LogP contribution in [0.5, 0.6) is 0 Å². The summed E-state index contributed by atoms with van der Waals surface area (Å²) in [5.41, 5.74) is 5.14. The lowest BCUT2D eigenvalue weighted by molar-refractivity contribution is 0.635. The molecule has 0 aliphatic heterocycles. The standard InChI is InChI=1S/C17H22ClNS/c1-5-13-7-8-20-17(13)16(19-6-2)14-9-11(3)12(4)10-15(14)18/h7-10,16,19H,5-6H2,1-4H3. The number of aryl methyl sites for hydroxylation is 3. The van der Waals surface area contributed by atoms with Crippen molar-refractivity contribution in [1.29, 1.82) is 0 Å². The number of rotatable bonds is 5. The molecule has 2 aromatic rings. The second kappa shape index (κ2) is 6.75. The zero-order chi connectivity index (χ0) is 14.7. The molecular weight excluding hydrogens is 286 g/mol. The van der Waals surface area contributed by atoms with Crippen molar-refractivity contribution < 1.29 is 0 Å². The average molecular weight is 308 g/mol. The number of thiophene rings is 1. The Balaban J connectivity index is 2.51. The number of hydrogen-bond acceptors (Lipinski definition) is 2. The smallest absolute Gasteiger partial charge is 0.0688 e. The van der Waals surface area contributed by atoms with Crippen molar-refractivity contribution >= 4 is 22.9 Å². The van der Waals surface area contributed by atoms with Gasteiger partial charge in [-0.05, 0) is 66.6 Å². The van der Waals surface area contributed by atoms with Gasteiger partial charge in [-0.2, -0.15) is 0 Å². The monoisotopic (exact) mass is 307 g/mol. The second-order valence-electron chi connectivity index (χ2n) is 5.11. The molecular formula is C17H22ClNS. The molecule has 2 rings (SSSR count). The van der Waals surface area contributed by atoms with Crippen molar-refractivity contribution in [2.24, 2.45) is 0 Å². The summed E-state index contributed by atoms with van der Waals surface area (Å²) in [6, 6.07) is 6.72. The summed E-state index contributed by atoms with van der Waals surface area (Å²) in [7, 11) is 0. The van der Waals surface area contributed by atoms with Crippen LogP contribution in [-0.4, -0.2) is 6.54 Å². The van der Waals surface area contributed by atoms with Crippen LogP contribution in [0.25, 0.3) is 0 Å². The van der Waals surface area contributed by atoms with Crippen LogP contribution >= 0.6 is 22.9 Å². The Labute approximate surface area is 131 Å². The third kappa shape index (κ3) is 3.08. The van der Waals surface area contributed by atoms with Gasteiger partial charge >= 0.3 is 0 Å². The van der Waals surface area contributed by atoms with Crippen molar-refractivity contribution in [3.63, 3.8) is 0 Å². The molecule has 108 valence electrons. The van der Waals surface area contributed by atoms with Gasteiger partial charge in [0.1, 0.15) is 0 Å². The zero-order valence-corrected chi connectivity index (χ0v) is 14.2. The molecule has 0 aliphatic rings. The predicted molar refractivity (Wildman–Crippen MR) is 90.1 cm³/mol. The van der Waals surface area contributed by atoms with E-state index in [0.29, 0.717) is 0 Å². The highest BCUT2D eigenvalue weighted by Gasteiger charge is 2.20. The van der Waals surface area contributed by atoms with Gasteiger partial charge in [0.05, 0.1) is 6.04 Å². The van der Waals surface area contributed by atoms with Gasteiger partial charge in [-0.3, -0.25) is 0 Å². The van der Waals surface area contributed by atoms with E-state index in [0.717, 1.165) is 18.0 Å². The van der Waals surface area contributed by atoms with Gasteiger partial charge in [-0.15, -0.1) is 11.3 Å². The minimum absolute atomic E-state index is 0.196. The van der Waals surface area contributed by atoms with Crippen LogP contribution in [0.4, 0.5) is 0 Å². The molecule has 1 aromatic carbocycles. The highest BCUT2D eigenvalue weighted by Crippen LogP contribution is 2.35. The summed E-state index contributed by atoms with van der Waals surface area (Å²) in [6.07, 6.45) is 1.06. The summed E-state index contributed by atoms with van der Waals surface area (Å²) in [5.74, 6) is 0. The van der Waals surface area contributed by atoms with E-state index >= 15 is 0 Å². The first-order valence-corrected chi connectivity index (χ1v) is 8.40. The Bertz CT molecular complexity index is 589. The van der Waals surface area contributed by atoms with Crippen molar-refractivity contribution in [3.8, 4) is 0 Å². The van der Waals surface area contributed by atoms with E-state index < -0.39 is 0 Å².